The summed E-state index contributed by atoms with van der Waals surface area (Å²) in [5, 5.41) is 1.19. The maximum Gasteiger partial charge on any atom is 0.289 e. The van der Waals surface area contributed by atoms with Gasteiger partial charge in [-0.15, -0.1) is 11.3 Å². The van der Waals surface area contributed by atoms with E-state index in [4.69, 9.17) is 4.42 Å². The van der Waals surface area contributed by atoms with Crippen LogP contribution in [0, 0.1) is 0 Å². The minimum Gasteiger partial charge on any atom is -0.459 e. The van der Waals surface area contributed by atoms with Gasteiger partial charge in [-0.1, -0.05) is 31.5 Å². The largest absolute Gasteiger partial charge is 0.459 e. The van der Waals surface area contributed by atoms with Gasteiger partial charge in [-0.2, -0.15) is 0 Å². The number of fused-ring (bicyclic) bond motifs is 1. The average Bonchev–Trinajstić information content (AvgIpc) is 3.36. The number of amides is 2. The van der Waals surface area contributed by atoms with E-state index < -0.39 is 0 Å². The van der Waals surface area contributed by atoms with E-state index >= 15 is 0 Å². The van der Waals surface area contributed by atoms with E-state index in [2.05, 4.69) is 19.1 Å². The lowest BCUT2D eigenvalue weighted by molar-refractivity contribution is 0.0520. The Morgan fingerprint density at radius 2 is 1.70 bits per heavy atom. The number of hydrogen-bond donors (Lipinski definition) is 0. The number of aryl methyl sites for hydroxylation is 1. The normalized spacial score (nSPS) is 14.7. The fraction of sp³-hybridized carbons (Fsp3) is 0.333. The first-order valence-electron chi connectivity index (χ1n) is 9.31. The quantitative estimate of drug-likeness (QED) is 0.684. The number of furan rings is 1. The van der Waals surface area contributed by atoms with Crippen LogP contribution in [0.2, 0.25) is 0 Å². The van der Waals surface area contributed by atoms with Crippen molar-refractivity contribution < 1.29 is 14.0 Å². The van der Waals surface area contributed by atoms with Crippen LogP contribution in [0.15, 0.2) is 47.1 Å². The molecule has 0 unspecified atom stereocenters. The third-order valence-electron chi connectivity index (χ3n) is 4.98. The number of thiophene rings is 1. The Balaban J connectivity index is 1.50. The molecule has 3 aromatic rings. The van der Waals surface area contributed by atoms with Crippen molar-refractivity contribution in [3.05, 3.63) is 58.9 Å². The monoisotopic (exact) mass is 382 g/mol. The van der Waals surface area contributed by atoms with E-state index in [1.165, 1.54) is 11.6 Å². The fourth-order valence-corrected chi connectivity index (χ4v) is 4.80. The van der Waals surface area contributed by atoms with Gasteiger partial charge in [0.15, 0.2) is 5.76 Å². The Morgan fingerprint density at radius 3 is 2.37 bits per heavy atom. The molecule has 2 aromatic heterocycles. The fourth-order valence-electron chi connectivity index (χ4n) is 3.58. The zero-order chi connectivity index (χ0) is 18.8. The highest BCUT2D eigenvalue weighted by Crippen LogP contribution is 2.33. The van der Waals surface area contributed by atoms with Crippen molar-refractivity contribution in [1.29, 1.82) is 0 Å². The number of hydrogen-bond acceptors (Lipinski definition) is 4. The van der Waals surface area contributed by atoms with Crippen LogP contribution >= 0.6 is 11.3 Å². The second kappa shape index (κ2) is 7.56. The standard InChI is InChI=1S/C21H22N2O3S/c1-2-6-16-15-7-3-4-9-18(15)27-19(16)21(25)23-12-10-22(11-13-23)20(24)17-8-5-14-26-17/h3-5,7-9,14H,2,6,10-13H2,1H3. The molecule has 1 aliphatic heterocycles. The van der Waals surface area contributed by atoms with Crippen molar-refractivity contribution in [3.63, 3.8) is 0 Å². The molecule has 0 bridgehead atoms. The second-order valence-electron chi connectivity index (χ2n) is 6.72. The molecular formula is C21H22N2O3S. The highest BCUT2D eigenvalue weighted by Gasteiger charge is 2.28. The summed E-state index contributed by atoms with van der Waals surface area (Å²) in [5.41, 5.74) is 1.16. The number of rotatable bonds is 4. The molecule has 1 aliphatic rings. The van der Waals surface area contributed by atoms with Crippen molar-refractivity contribution >= 4 is 33.2 Å². The Morgan fingerprint density at radius 1 is 1.00 bits per heavy atom. The highest BCUT2D eigenvalue weighted by molar-refractivity contribution is 7.21. The molecule has 5 nitrogen and oxygen atoms in total. The molecule has 1 saturated heterocycles. The van der Waals surface area contributed by atoms with Crippen LogP contribution in [0.4, 0.5) is 0 Å². The summed E-state index contributed by atoms with van der Waals surface area (Å²) in [6, 6.07) is 11.6. The number of benzene rings is 1. The zero-order valence-corrected chi connectivity index (χ0v) is 16.1. The highest BCUT2D eigenvalue weighted by atomic mass is 32.1. The SMILES string of the molecule is CCCc1c(C(=O)N2CCN(C(=O)c3ccco3)CC2)sc2ccccc12. The Hall–Kier alpha value is -2.60. The van der Waals surface area contributed by atoms with Crippen molar-refractivity contribution in [2.45, 2.75) is 19.8 Å². The zero-order valence-electron chi connectivity index (χ0n) is 15.3. The molecule has 0 saturated carbocycles. The van der Waals surface area contributed by atoms with Crippen molar-refractivity contribution in [3.8, 4) is 0 Å². The summed E-state index contributed by atoms with van der Waals surface area (Å²) >= 11 is 1.58. The lowest BCUT2D eigenvalue weighted by Gasteiger charge is -2.34. The summed E-state index contributed by atoms with van der Waals surface area (Å²) in [6.45, 7) is 4.29. The lowest BCUT2D eigenvalue weighted by Crippen LogP contribution is -2.50. The van der Waals surface area contributed by atoms with Crippen LogP contribution < -0.4 is 0 Å². The van der Waals surface area contributed by atoms with E-state index in [0.29, 0.717) is 31.9 Å². The average molecular weight is 382 g/mol. The molecule has 0 radical (unpaired) electrons. The summed E-state index contributed by atoms with van der Waals surface area (Å²) in [7, 11) is 0. The van der Waals surface area contributed by atoms with Gasteiger partial charge in [0.1, 0.15) is 0 Å². The molecule has 27 heavy (non-hydrogen) atoms. The van der Waals surface area contributed by atoms with E-state index in [-0.39, 0.29) is 11.8 Å². The number of carbonyl (C=O) groups excluding carboxylic acids is 2. The Labute approximate surface area is 162 Å². The molecule has 6 heteroatoms. The van der Waals surface area contributed by atoms with E-state index in [1.54, 1.807) is 28.4 Å². The number of carbonyl (C=O) groups is 2. The predicted octanol–water partition coefficient (Wildman–Crippen LogP) is 4.05. The third-order valence-corrected chi connectivity index (χ3v) is 6.18. The van der Waals surface area contributed by atoms with E-state index in [9.17, 15) is 9.59 Å². The maximum atomic E-state index is 13.2. The van der Waals surface area contributed by atoms with E-state index in [0.717, 1.165) is 28.0 Å². The van der Waals surface area contributed by atoms with Crippen LogP contribution in [0.5, 0.6) is 0 Å². The summed E-state index contributed by atoms with van der Waals surface area (Å²) < 4.78 is 6.36. The number of piperazine rings is 1. The van der Waals surface area contributed by atoms with Gasteiger partial charge in [0.05, 0.1) is 11.1 Å². The summed E-state index contributed by atoms with van der Waals surface area (Å²) in [4.78, 5) is 30.1. The molecule has 2 amide bonds. The van der Waals surface area contributed by atoms with Gasteiger partial charge in [-0.3, -0.25) is 9.59 Å². The van der Waals surface area contributed by atoms with Gasteiger partial charge in [0, 0.05) is 30.9 Å². The van der Waals surface area contributed by atoms with Crippen LogP contribution in [0.3, 0.4) is 0 Å². The Bertz CT molecular complexity index is 953. The molecule has 0 aliphatic carbocycles. The van der Waals surface area contributed by atoms with E-state index in [1.807, 2.05) is 17.0 Å². The third kappa shape index (κ3) is 3.37. The number of nitrogens with zero attached hydrogens (tertiary/aromatic N) is 2. The minimum absolute atomic E-state index is 0.0877. The molecular weight excluding hydrogens is 360 g/mol. The first-order chi connectivity index (χ1) is 13.2. The summed E-state index contributed by atoms with van der Waals surface area (Å²) in [5.74, 6) is 0.329. The molecule has 4 rings (SSSR count). The minimum atomic E-state index is -0.111. The van der Waals surface area contributed by atoms with Gasteiger partial charge in [0.2, 0.25) is 0 Å². The van der Waals surface area contributed by atoms with Crippen LogP contribution in [0.1, 0.15) is 39.1 Å². The van der Waals surface area contributed by atoms with Gasteiger partial charge < -0.3 is 14.2 Å². The molecule has 0 spiro atoms. The van der Waals surface area contributed by atoms with Crippen LogP contribution in [0.25, 0.3) is 10.1 Å². The molecule has 0 atom stereocenters. The van der Waals surface area contributed by atoms with Crippen molar-refractivity contribution in [1.82, 2.24) is 9.80 Å². The Kier molecular flexibility index (Phi) is 4.99. The van der Waals surface area contributed by atoms with Crippen molar-refractivity contribution in [2.75, 3.05) is 26.2 Å². The van der Waals surface area contributed by atoms with Crippen molar-refractivity contribution in [2.24, 2.45) is 0 Å². The van der Waals surface area contributed by atoms with Gasteiger partial charge in [-0.25, -0.2) is 0 Å². The van der Waals surface area contributed by atoms with Crippen LogP contribution in [-0.4, -0.2) is 47.8 Å². The first-order valence-corrected chi connectivity index (χ1v) is 10.1. The molecule has 1 fully saturated rings. The topological polar surface area (TPSA) is 53.8 Å². The molecule has 3 heterocycles. The first kappa shape index (κ1) is 17.8. The predicted molar refractivity (Wildman–Crippen MR) is 106 cm³/mol. The van der Waals surface area contributed by atoms with Gasteiger partial charge in [0.25, 0.3) is 11.8 Å². The molecule has 0 N–H and O–H groups in total. The lowest BCUT2D eigenvalue weighted by atomic mass is 10.1. The van der Waals surface area contributed by atoms with Crippen LogP contribution in [-0.2, 0) is 6.42 Å². The maximum absolute atomic E-state index is 13.2. The smallest absolute Gasteiger partial charge is 0.289 e. The summed E-state index contributed by atoms with van der Waals surface area (Å²) in [6.07, 6.45) is 3.41. The van der Waals surface area contributed by atoms with Gasteiger partial charge in [-0.05, 0) is 35.6 Å². The van der Waals surface area contributed by atoms with Gasteiger partial charge >= 0.3 is 0 Å². The molecule has 140 valence electrons. The molecule has 1 aromatic carbocycles. The second-order valence-corrected chi connectivity index (χ2v) is 7.77.